The molecule has 0 fully saturated rings. The Balaban J connectivity index is 1.43. The molecule has 0 aliphatic carbocycles. The van der Waals surface area contributed by atoms with E-state index in [1.165, 1.54) is 17.0 Å². The summed E-state index contributed by atoms with van der Waals surface area (Å²) in [4.78, 5) is 29.2. The number of fused-ring (bicyclic) bond motifs is 2. The Hall–Kier alpha value is -3.84. The predicted molar refractivity (Wildman–Crippen MR) is 133 cm³/mol. The van der Waals surface area contributed by atoms with Gasteiger partial charge in [0.05, 0.1) is 24.8 Å². The SMILES string of the molecule is CC1c2ccc(C(=O)NCc3cc4ccccc4o3)cc2N(Cc2c(F)cccc2Cl)C(=O)N1C. The van der Waals surface area contributed by atoms with E-state index in [1.54, 1.807) is 30.1 Å². The molecule has 178 valence electrons. The fourth-order valence-corrected chi connectivity index (χ4v) is 4.55. The minimum atomic E-state index is -0.493. The lowest BCUT2D eigenvalue weighted by atomic mass is 9.98. The smallest absolute Gasteiger partial charge is 0.325 e. The number of nitrogens with one attached hydrogen (secondary N) is 1. The molecule has 0 saturated carbocycles. The summed E-state index contributed by atoms with van der Waals surface area (Å²) >= 11 is 6.23. The lowest BCUT2D eigenvalue weighted by Crippen LogP contribution is -2.46. The van der Waals surface area contributed by atoms with Crippen molar-refractivity contribution in [3.05, 3.63) is 100 Å². The van der Waals surface area contributed by atoms with Crippen molar-refractivity contribution in [1.82, 2.24) is 10.2 Å². The quantitative estimate of drug-likeness (QED) is 0.357. The molecule has 0 spiro atoms. The van der Waals surface area contributed by atoms with Crippen LogP contribution in [0.4, 0.5) is 14.9 Å². The van der Waals surface area contributed by atoms with Crippen molar-refractivity contribution >= 4 is 40.2 Å². The number of hydrogen-bond acceptors (Lipinski definition) is 3. The Kier molecular flexibility index (Phi) is 5.94. The molecule has 6 nitrogen and oxygen atoms in total. The minimum absolute atomic E-state index is 0.0571. The molecule has 35 heavy (non-hydrogen) atoms. The molecule has 5 rings (SSSR count). The van der Waals surface area contributed by atoms with Crippen molar-refractivity contribution in [2.75, 3.05) is 11.9 Å². The van der Waals surface area contributed by atoms with E-state index in [9.17, 15) is 14.0 Å². The topological polar surface area (TPSA) is 65.8 Å². The second-order valence-corrected chi connectivity index (χ2v) is 8.97. The van der Waals surface area contributed by atoms with Crippen LogP contribution in [0.25, 0.3) is 11.0 Å². The largest absolute Gasteiger partial charge is 0.459 e. The van der Waals surface area contributed by atoms with Crippen LogP contribution >= 0.6 is 11.6 Å². The summed E-state index contributed by atoms with van der Waals surface area (Å²) in [5.41, 5.74) is 2.76. The fraction of sp³-hybridized carbons (Fsp3) is 0.185. The first-order valence-corrected chi connectivity index (χ1v) is 11.6. The van der Waals surface area contributed by atoms with E-state index in [0.717, 1.165) is 16.5 Å². The number of amides is 3. The number of urea groups is 1. The summed E-state index contributed by atoms with van der Waals surface area (Å²) in [6.45, 7) is 2.07. The Labute approximate surface area is 206 Å². The van der Waals surface area contributed by atoms with Crippen LogP contribution in [0.15, 0.2) is 71.1 Å². The normalized spacial score (nSPS) is 15.4. The number of benzene rings is 3. The van der Waals surface area contributed by atoms with Crippen molar-refractivity contribution in [2.45, 2.75) is 26.1 Å². The molecule has 2 heterocycles. The van der Waals surface area contributed by atoms with Gasteiger partial charge in [-0.25, -0.2) is 9.18 Å². The molecule has 4 aromatic rings. The molecule has 3 aromatic carbocycles. The minimum Gasteiger partial charge on any atom is -0.459 e. The van der Waals surface area contributed by atoms with E-state index in [0.29, 0.717) is 17.0 Å². The number of halogens is 2. The van der Waals surface area contributed by atoms with Gasteiger partial charge in [-0.15, -0.1) is 0 Å². The molecule has 0 saturated heterocycles. The van der Waals surface area contributed by atoms with Crippen LogP contribution in [0.2, 0.25) is 5.02 Å². The Morgan fingerprint density at radius 3 is 2.69 bits per heavy atom. The van der Waals surface area contributed by atoms with Gasteiger partial charge in [0.25, 0.3) is 5.91 Å². The number of nitrogens with zero attached hydrogens (tertiary/aromatic N) is 2. The van der Waals surface area contributed by atoms with Crippen molar-refractivity contribution < 1.29 is 18.4 Å². The summed E-state index contributed by atoms with van der Waals surface area (Å²) in [6, 6.07) is 18.6. The molecule has 8 heteroatoms. The maximum atomic E-state index is 14.5. The van der Waals surface area contributed by atoms with Crippen LogP contribution in [0.5, 0.6) is 0 Å². The number of anilines is 1. The number of carbonyl (C=O) groups excluding carboxylic acids is 2. The van der Waals surface area contributed by atoms with Gasteiger partial charge in [0.2, 0.25) is 0 Å². The number of rotatable bonds is 5. The second kappa shape index (κ2) is 9.07. The summed E-state index contributed by atoms with van der Waals surface area (Å²) in [5, 5.41) is 4.07. The summed E-state index contributed by atoms with van der Waals surface area (Å²) < 4.78 is 20.3. The third-order valence-corrected chi connectivity index (χ3v) is 6.78. The van der Waals surface area contributed by atoms with Gasteiger partial charge in [0.15, 0.2) is 0 Å². The Bertz CT molecular complexity index is 1400. The highest BCUT2D eigenvalue weighted by molar-refractivity contribution is 6.31. The zero-order chi connectivity index (χ0) is 24.7. The molecule has 0 bridgehead atoms. The summed E-state index contributed by atoms with van der Waals surface area (Å²) in [5.74, 6) is -0.164. The van der Waals surface area contributed by atoms with E-state index in [2.05, 4.69) is 5.32 Å². The molecule has 0 radical (unpaired) electrons. The molecule has 1 aromatic heterocycles. The maximum Gasteiger partial charge on any atom is 0.325 e. The van der Waals surface area contributed by atoms with Crippen LogP contribution in [0, 0.1) is 5.82 Å². The predicted octanol–water partition coefficient (Wildman–Crippen LogP) is 6.29. The fourth-order valence-electron chi connectivity index (χ4n) is 4.33. The van der Waals surface area contributed by atoms with E-state index in [1.807, 2.05) is 43.3 Å². The first kappa shape index (κ1) is 22.9. The molecular formula is C27H23ClFN3O3. The molecule has 1 atom stereocenters. The van der Waals surface area contributed by atoms with E-state index in [4.69, 9.17) is 16.0 Å². The number of para-hydroxylation sites is 1. The van der Waals surface area contributed by atoms with Gasteiger partial charge in [-0.1, -0.05) is 41.9 Å². The van der Waals surface area contributed by atoms with E-state index < -0.39 is 5.82 Å². The molecule has 1 N–H and O–H groups in total. The number of carbonyl (C=O) groups is 2. The van der Waals surface area contributed by atoms with Crippen LogP contribution in [0.1, 0.15) is 40.2 Å². The van der Waals surface area contributed by atoms with Crippen molar-refractivity contribution in [3.63, 3.8) is 0 Å². The van der Waals surface area contributed by atoms with Crippen molar-refractivity contribution in [1.29, 1.82) is 0 Å². The first-order chi connectivity index (χ1) is 16.8. The van der Waals surface area contributed by atoms with Crippen molar-refractivity contribution in [3.8, 4) is 0 Å². The highest BCUT2D eigenvalue weighted by Crippen LogP contribution is 2.38. The molecule has 1 aliphatic heterocycles. The first-order valence-electron chi connectivity index (χ1n) is 11.2. The zero-order valence-electron chi connectivity index (χ0n) is 19.2. The van der Waals surface area contributed by atoms with Crippen LogP contribution in [-0.4, -0.2) is 23.9 Å². The molecule has 1 aliphatic rings. The summed E-state index contributed by atoms with van der Waals surface area (Å²) in [7, 11) is 1.69. The van der Waals surface area contributed by atoms with Gasteiger partial charge in [-0.05, 0) is 48.9 Å². The highest BCUT2D eigenvalue weighted by Gasteiger charge is 2.34. The van der Waals surface area contributed by atoms with E-state index in [-0.39, 0.29) is 41.7 Å². The van der Waals surface area contributed by atoms with Crippen LogP contribution in [-0.2, 0) is 13.1 Å². The zero-order valence-corrected chi connectivity index (χ0v) is 20.0. The highest BCUT2D eigenvalue weighted by atomic mass is 35.5. The van der Waals surface area contributed by atoms with Crippen LogP contribution < -0.4 is 10.2 Å². The maximum absolute atomic E-state index is 14.5. The van der Waals surface area contributed by atoms with E-state index >= 15 is 0 Å². The molecule has 1 unspecified atom stereocenters. The van der Waals surface area contributed by atoms with Gasteiger partial charge < -0.3 is 14.6 Å². The van der Waals surface area contributed by atoms with Gasteiger partial charge in [0.1, 0.15) is 17.2 Å². The van der Waals surface area contributed by atoms with Gasteiger partial charge in [-0.2, -0.15) is 0 Å². The number of hydrogen-bond donors (Lipinski definition) is 1. The average Bonchev–Trinajstić information content (AvgIpc) is 3.28. The lowest BCUT2D eigenvalue weighted by molar-refractivity contribution is 0.0948. The van der Waals surface area contributed by atoms with Crippen LogP contribution in [0.3, 0.4) is 0 Å². The Morgan fingerprint density at radius 2 is 1.91 bits per heavy atom. The second-order valence-electron chi connectivity index (χ2n) is 8.56. The van der Waals surface area contributed by atoms with Gasteiger partial charge in [-0.3, -0.25) is 9.69 Å². The van der Waals surface area contributed by atoms with Crippen molar-refractivity contribution in [2.24, 2.45) is 0 Å². The standard InChI is InChI=1S/C27H23ClFN3O3/c1-16-20-11-10-18(26(33)30-14-19-12-17-6-3-4-9-25(17)35-19)13-24(20)32(27(34)31(16)2)15-21-22(28)7-5-8-23(21)29/h3-13,16H,14-15H2,1-2H3,(H,30,33). The molecular weight excluding hydrogens is 469 g/mol. The summed E-state index contributed by atoms with van der Waals surface area (Å²) in [6.07, 6.45) is 0. The van der Waals surface area contributed by atoms with Gasteiger partial charge in [0, 0.05) is 28.6 Å². The third-order valence-electron chi connectivity index (χ3n) is 6.42. The lowest BCUT2D eigenvalue weighted by Gasteiger charge is -2.39. The average molecular weight is 492 g/mol. The monoisotopic (exact) mass is 491 g/mol. The molecule has 3 amide bonds. The number of furan rings is 1. The Morgan fingerprint density at radius 1 is 1.11 bits per heavy atom. The van der Waals surface area contributed by atoms with Gasteiger partial charge >= 0.3 is 6.03 Å². The third kappa shape index (κ3) is 4.23.